The van der Waals surface area contributed by atoms with Gasteiger partial charge in [0.15, 0.2) is 0 Å². The van der Waals surface area contributed by atoms with E-state index in [-0.39, 0.29) is 24.7 Å². The standard InChI is InChI=1S/C14H23N3O2/c1-10(2)17(8-9-18)14(19)16-13-6-4-12(5-7-13)11(3)15/h4-7,10-11,18H,8-9,15H2,1-3H3,(H,16,19). The first-order chi connectivity index (χ1) is 8.95. The molecule has 106 valence electrons. The summed E-state index contributed by atoms with van der Waals surface area (Å²) >= 11 is 0. The minimum atomic E-state index is -0.211. The smallest absolute Gasteiger partial charge is 0.322 e. The topological polar surface area (TPSA) is 78.6 Å². The van der Waals surface area contributed by atoms with Crippen molar-refractivity contribution in [1.82, 2.24) is 4.90 Å². The highest BCUT2D eigenvalue weighted by atomic mass is 16.3. The Labute approximate surface area is 114 Å². The van der Waals surface area contributed by atoms with E-state index in [2.05, 4.69) is 5.32 Å². The highest BCUT2D eigenvalue weighted by Crippen LogP contribution is 2.15. The zero-order valence-electron chi connectivity index (χ0n) is 11.8. The van der Waals surface area contributed by atoms with E-state index in [0.717, 1.165) is 11.3 Å². The summed E-state index contributed by atoms with van der Waals surface area (Å²) < 4.78 is 0. The normalized spacial score (nSPS) is 12.3. The van der Waals surface area contributed by atoms with E-state index in [1.807, 2.05) is 45.0 Å². The van der Waals surface area contributed by atoms with Gasteiger partial charge < -0.3 is 21.1 Å². The molecule has 1 rings (SSSR count). The Morgan fingerprint density at radius 2 is 1.89 bits per heavy atom. The Hall–Kier alpha value is -1.59. The molecule has 0 aliphatic heterocycles. The lowest BCUT2D eigenvalue weighted by Crippen LogP contribution is -2.41. The molecule has 0 radical (unpaired) electrons. The van der Waals surface area contributed by atoms with Crippen LogP contribution in [0.1, 0.15) is 32.4 Å². The van der Waals surface area contributed by atoms with Gasteiger partial charge in [-0.05, 0) is 38.5 Å². The number of benzene rings is 1. The molecule has 0 saturated heterocycles. The van der Waals surface area contributed by atoms with Crippen molar-refractivity contribution in [3.8, 4) is 0 Å². The summed E-state index contributed by atoms with van der Waals surface area (Å²) in [7, 11) is 0. The molecule has 19 heavy (non-hydrogen) atoms. The molecule has 0 aromatic heterocycles. The molecule has 0 bridgehead atoms. The fraction of sp³-hybridized carbons (Fsp3) is 0.500. The van der Waals surface area contributed by atoms with Crippen molar-refractivity contribution in [2.24, 2.45) is 5.73 Å². The van der Waals surface area contributed by atoms with Crippen LogP contribution in [-0.2, 0) is 0 Å². The number of amides is 2. The van der Waals surface area contributed by atoms with Gasteiger partial charge in [0.25, 0.3) is 0 Å². The molecule has 1 aromatic carbocycles. The Kier molecular flexibility index (Phi) is 5.79. The SMILES string of the molecule is CC(N)c1ccc(NC(=O)N(CCO)C(C)C)cc1. The molecule has 0 fully saturated rings. The minimum Gasteiger partial charge on any atom is -0.395 e. The fourth-order valence-corrected chi connectivity index (χ4v) is 1.77. The summed E-state index contributed by atoms with van der Waals surface area (Å²) in [5.41, 5.74) is 7.51. The third-order valence-electron chi connectivity index (χ3n) is 2.91. The van der Waals surface area contributed by atoms with Gasteiger partial charge in [-0.3, -0.25) is 0 Å². The van der Waals surface area contributed by atoms with Gasteiger partial charge in [-0.15, -0.1) is 0 Å². The van der Waals surface area contributed by atoms with Crippen LogP contribution in [-0.4, -0.2) is 35.2 Å². The van der Waals surface area contributed by atoms with Gasteiger partial charge in [-0.25, -0.2) is 4.79 Å². The summed E-state index contributed by atoms with van der Waals surface area (Å²) in [6.07, 6.45) is 0. The van der Waals surface area contributed by atoms with Gasteiger partial charge in [0.1, 0.15) is 0 Å². The number of urea groups is 1. The number of nitrogens with zero attached hydrogens (tertiary/aromatic N) is 1. The summed E-state index contributed by atoms with van der Waals surface area (Å²) in [6.45, 7) is 6.01. The van der Waals surface area contributed by atoms with E-state index < -0.39 is 0 Å². The molecule has 1 aromatic rings. The first-order valence-electron chi connectivity index (χ1n) is 6.49. The van der Waals surface area contributed by atoms with Crippen LogP contribution in [0.3, 0.4) is 0 Å². The van der Waals surface area contributed by atoms with E-state index in [0.29, 0.717) is 6.54 Å². The molecule has 0 spiro atoms. The Balaban J connectivity index is 2.69. The lowest BCUT2D eigenvalue weighted by molar-refractivity contribution is 0.172. The molecule has 0 aliphatic rings. The molecule has 5 nitrogen and oxygen atoms in total. The summed E-state index contributed by atoms with van der Waals surface area (Å²) in [6, 6.07) is 7.25. The maximum atomic E-state index is 12.0. The van der Waals surface area contributed by atoms with Crippen molar-refractivity contribution in [3.63, 3.8) is 0 Å². The molecule has 1 unspecified atom stereocenters. The first-order valence-corrected chi connectivity index (χ1v) is 6.49. The van der Waals surface area contributed by atoms with Crippen molar-refractivity contribution in [3.05, 3.63) is 29.8 Å². The van der Waals surface area contributed by atoms with Gasteiger partial charge in [0.2, 0.25) is 0 Å². The lowest BCUT2D eigenvalue weighted by atomic mass is 10.1. The van der Waals surface area contributed by atoms with Crippen LogP contribution in [0.2, 0.25) is 0 Å². The van der Waals surface area contributed by atoms with Crippen molar-refractivity contribution >= 4 is 11.7 Å². The molecule has 4 N–H and O–H groups in total. The van der Waals surface area contributed by atoms with E-state index in [4.69, 9.17) is 10.8 Å². The maximum absolute atomic E-state index is 12.0. The van der Waals surface area contributed by atoms with Gasteiger partial charge in [-0.1, -0.05) is 12.1 Å². The van der Waals surface area contributed by atoms with Crippen molar-refractivity contribution in [2.75, 3.05) is 18.5 Å². The van der Waals surface area contributed by atoms with Crippen LogP contribution in [0, 0.1) is 0 Å². The number of hydrogen-bond acceptors (Lipinski definition) is 3. The average molecular weight is 265 g/mol. The Morgan fingerprint density at radius 1 is 1.32 bits per heavy atom. The summed E-state index contributed by atoms with van der Waals surface area (Å²) in [5.74, 6) is 0. The zero-order valence-corrected chi connectivity index (χ0v) is 11.8. The van der Waals surface area contributed by atoms with Gasteiger partial charge in [-0.2, -0.15) is 0 Å². The molecular formula is C14H23N3O2. The second-order valence-corrected chi connectivity index (χ2v) is 4.85. The fourth-order valence-electron chi connectivity index (χ4n) is 1.77. The van der Waals surface area contributed by atoms with Gasteiger partial charge in [0.05, 0.1) is 6.61 Å². The predicted octanol–water partition coefficient (Wildman–Crippen LogP) is 1.94. The van der Waals surface area contributed by atoms with Crippen molar-refractivity contribution in [2.45, 2.75) is 32.9 Å². The van der Waals surface area contributed by atoms with Crippen LogP contribution in [0.4, 0.5) is 10.5 Å². The Bertz CT molecular complexity index is 402. The number of anilines is 1. The molecule has 0 aliphatic carbocycles. The largest absolute Gasteiger partial charge is 0.395 e. The van der Waals surface area contributed by atoms with Crippen LogP contribution >= 0.6 is 0 Å². The zero-order chi connectivity index (χ0) is 14.4. The molecule has 0 saturated carbocycles. The molecule has 0 heterocycles. The highest BCUT2D eigenvalue weighted by Gasteiger charge is 2.16. The Morgan fingerprint density at radius 3 is 2.32 bits per heavy atom. The van der Waals surface area contributed by atoms with Crippen molar-refractivity contribution < 1.29 is 9.90 Å². The number of aliphatic hydroxyl groups excluding tert-OH is 1. The van der Waals surface area contributed by atoms with Gasteiger partial charge >= 0.3 is 6.03 Å². The molecular weight excluding hydrogens is 242 g/mol. The quantitative estimate of drug-likeness (QED) is 0.761. The minimum absolute atomic E-state index is 0.0219. The molecule has 1 atom stereocenters. The second kappa shape index (κ2) is 7.11. The third-order valence-corrected chi connectivity index (χ3v) is 2.91. The summed E-state index contributed by atoms with van der Waals surface area (Å²) in [5, 5.41) is 11.8. The number of aliphatic hydroxyl groups is 1. The number of rotatable bonds is 5. The van der Waals surface area contributed by atoms with Gasteiger partial charge in [0, 0.05) is 24.3 Å². The van der Waals surface area contributed by atoms with Crippen LogP contribution in [0.5, 0.6) is 0 Å². The van der Waals surface area contributed by atoms with Crippen LogP contribution < -0.4 is 11.1 Å². The predicted molar refractivity (Wildman–Crippen MR) is 77.0 cm³/mol. The van der Waals surface area contributed by atoms with E-state index in [1.165, 1.54) is 0 Å². The molecule has 2 amide bonds. The lowest BCUT2D eigenvalue weighted by Gasteiger charge is -2.26. The molecule has 5 heteroatoms. The van der Waals surface area contributed by atoms with E-state index >= 15 is 0 Å². The third kappa shape index (κ3) is 4.54. The average Bonchev–Trinajstić information content (AvgIpc) is 2.36. The number of nitrogens with one attached hydrogen (secondary N) is 1. The monoisotopic (exact) mass is 265 g/mol. The second-order valence-electron chi connectivity index (χ2n) is 4.85. The van der Waals surface area contributed by atoms with Crippen LogP contribution in [0.15, 0.2) is 24.3 Å². The number of carbonyl (C=O) groups is 1. The first kappa shape index (κ1) is 15.5. The van der Waals surface area contributed by atoms with Crippen molar-refractivity contribution in [1.29, 1.82) is 0 Å². The number of carbonyl (C=O) groups excluding carboxylic acids is 1. The maximum Gasteiger partial charge on any atom is 0.322 e. The highest BCUT2D eigenvalue weighted by molar-refractivity contribution is 5.89. The van der Waals surface area contributed by atoms with E-state index in [1.54, 1.807) is 4.90 Å². The summed E-state index contributed by atoms with van der Waals surface area (Å²) in [4.78, 5) is 13.6. The number of hydrogen-bond donors (Lipinski definition) is 3. The van der Waals surface area contributed by atoms with Crippen LogP contribution in [0.25, 0.3) is 0 Å². The van der Waals surface area contributed by atoms with E-state index in [9.17, 15) is 4.79 Å². The number of nitrogens with two attached hydrogens (primary N) is 1.